The zero-order valence-corrected chi connectivity index (χ0v) is 27.4. The summed E-state index contributed by atoms with van der Waals surface area (Å²) >= 11 is 0. The van der Waals surface area contributed by atoms with Crippen LogP contribution >= 0.6 is 0 Å². The Balaban J connectivity index is 0.000000162. The van der Waals surface area contributed by atoms with Crippen LogP contribution in [0.25, 0.3) is 45.0 Å². The largest absolute Gasteiger partial charge is 0.488 e. The number of hydrogen-bond donors (Lipinski definition) is 0. The highest BCUT2D eigenvalue weighted by Crippen LogP contribution is 2.27. The van der Waals surface area contributed by atoms with Gasteiger partial charge in [-0.15, -0.1) is 0 Å². The second-order valence-electron chi connectivity index (χ2n) is 11.8. The summed E-state index contributed by atoms with van der Waals surface area (Å²) in [6.45, 7) is 2.62. The van der Waals surface area contributed by atoms with Gasteiger partial charge in [0.15, 0.2) is 53.2 Å². The van der Waals surface area contributed by atoms with Crippen molar-refractivity contribution >= 4 is 0 Å². The Morgan fingerprint density at radius 1 is 0.481 bits per heavy atom. The van der Waals surface area contributed by atoms with Crippen LogP contribution < -0.4 is 9.47 Å². The van der Waals surface area contributed by atoms with Gasteiger partial charge in [0.2, 0.25) is 0 Å². The minimum absolute atomic E-state index is 0.117. The fourth-order valence-corrected chi connectivity index (χ4v) is 4.86. The van der Waals surface area contributed by atoms with Crippen LogP contribution in [-0.2, 0) is 14.2 Å². The van der Waals surface area contributed by atoms with E-state index < -0.39 is 23.3 Å². The normalized spacial score (nSPS) is 15.7. The van der Waals surface area contributed by atoms with E-state index in [1.807, 2.05) is 48.5 Å². The van der Waals surface area contributed by atoms with E-state index in [0.29, 0.717) is 47.5 Å². The average molecular weight is 711 g/mol. The standard InChI is InChI=1S/C20H16F2N2O3.C19H14F2N2O2/c21-18-6-5-15(7-19(18)22)13-1-3-14(4-2-13)20-23-8-16(9-24-20)27-12-25-10-17-11-26-17;20-17-6-5-14(7-18(17)21)12-1-3-13(4-2-12)19-22-8-15(9-23-19)24-10-16-11-25-16/h1-9,17H,10-12H2;1-9,16H,10-11H2. The number of epoxide rings is 2. The van der Waals surface area contributed by atoms with Gasteiger partial charge >= 0.3 is 0 Å². The summed E-state index contributed by atoms with van der Waals surface area (Å²) in [7, 11) is 0. The van der Waals surface area contributed by atoms with Gasteiger partial charge in [-0.2, -0.15) is 0 Å². The minimum atomic E-state index is -0.871. The molecule has 8 rings (SSSR count). The molecule has 2 aliphatic rings. The van der Waals surface area contributed by atoms with E-state index in [4.69, 9.17) is 23.7 Å². The van der Waals surface area contributed by atoms with Gasteiger partial charge in [0.25, 0.3) is 0 Å². The van der Waals surface area contributed by atoms with Gasteiger partial charge in [-0.25, -0.2) is 37.5 Å². The number of halogens is 4. The molecular formula is C39H30F4N4O5. The monoisotopic (exact) mass is 710 g/mol. The van der Waals surface area contributed by atoms with Gasteiger partial charge in [-0.05, 0) is 46.5 Å². The molecule has 0 amide bonds. The van der Waals surface area contributed by atoms with Gasteiger partial charge in [0, 0.05) is 11.1 Å². The van der Waals surface area contributed by atoms with E-state index in [2.05, 4.69) is 19.9 Å². The molecule has 0 bridgehead atoms. The van der Waals surface area contributed by atoms with Crippen molar-refractivity contribution in [3.05, 3.63) is 133 Å². The lowest BCUT2D eigenvalue weighted by molar-refractivity contribution is 0.00783. The SMILES string of the molecule is Fc1ccc(-c2ccc(-c3ncc(OCC4CO4)cn3)cc2)cc1F.Fc1ccc(-c2ccc(-c3ncc(OCOCC4CO4)cn3)cc2)cc1F. The summed E-state index contributed by atoms with van der Waals surface area (Å²) in [6, 6.07) is 22.2. The highest BCUT2D eigenvalue weighted by Gasteiger charge is 2.23. The zero-order valence-electron chi connectivity index (χ0n) is 27.4. The molecule has 0 saturated carbocycles. The highest BCUT2D eigenvalue weighted by molar-refractivity contribution is 5.69. The Bertz CT molecular complexity index is 2100. The van der Waals surface area contributed by atoms with Crippen LogP contribution in [0.5, 0.6) is 11.5 Å². The molecule has 4 aromatic carbocycles. The topological polar surface area (TPSA) is 104 Å². The van der Waals surface area contributed by atoms with Gasteiger partial charge in [-0.3, -0.25) is 0 Å². The third-order valence-corrected chi connectivity index (χ3v) is 7.90. The third kappa shape index (κ3) is 9.31. The summed E-state index contributed by atoms with van der Waals surface area (Å²) in [5.41, 5.74) is 4.39. The van der Waals surface area contributed by atoms with Crippen LogP contribution in [0.1, 0.15) is 0 Å². The Morgan fingerprint density at radius 3 is 1.29 bits per heavy atom. The molecule has 52 heavy (non-hydrogen) atoms. The second-order valence-corrected chi connectivity index (χ2v) is 11.8. The summed E-state index contributed by atoms with van der Waals surface area (Å²) in [4.78, 5) is 17.1. The molecule has 0 aliphatic carbocycles. The highest BCUT2D eigenvalue weighted by atomic mass is 19.2. The van der Waals surface area contributed by atoms with E-state index in [9.17, 15) is 17.6 Å². The van der Waals surface area contributed by atoms with Crippen molar-refractivity contribution in [2.24, 2.45) is 0 Å². The summed E-state index contributed by atoms with van der Waals surface area (Å²) in [6.07, 6.45) is 6.76. The lowest BCUT2D eigenvalue weighted by Crippen LogP contribution is -2.08. The van der Waals surface area contributed by atoms with Crippen molar-refractivity contribution in [2.45, 2.75) is 12.2 Å². The van der Waals surface area contributed by atoms with E-state index in [1.54, 1.807) is 30.9 Å². The molecule has 2 fully saturated rings. The smallest absolute Gasteiger partial charge is 0.189 e. The number of ether oxygens (including phenoxy) is 5. The maximum atomic E-state index is 13.4. The number of aromatic nitrogens is 4. The van der Waals surface area contributed by atoms with E-state index >= 15 is 0 Å². The van der Waals surface area contributed by atoms with Gasteiger partial charge < -0.3 is 23.7 Å². The molecule has 2 saturated heterocycles. The molecule has 2 aliphatic heterocycles. The average Bonchev–Trinajstić information content (AvgIpc) is 4.13. The number of hydrogen-bond acceptors (Lipinski definition) is 9. The Kier molecular flexibility index (Phi) is 10.7. The van der Waals surface area contributed by atoms with Crippen LogP contribution in [0.4, 0.5) is 17.6 Å². The maximum Gasteiger partial charge on any atom is 0.189 e. The molecule has 2 atom stereocenters. The molecule has 2 unspecified atom stereocenters. The summed E-state index contributed by atoms with van der Waals surface area (Å²) < 4.78 is 79.1. The first-order valence-electron chi connectivity index (χ1n) is 16.2. The molecule has 0 N–H and O–H groups in total. The van der Waals surface area contributed by atoms with Crippen LogP contribution in [0.3, 0.4) is 0 Å². The second kappa shape index (κ2) is 16.1. The first-order valence-corrected chi connectivity index (χ1v) is 16.2. The van der Waals surface area contributed by atoms with Crippen molar-refractivity contribution < 1.29 is 41.2 Å². The van der Waals surface area contributed by atoms with Crippen LogP contribution in [-0.4, -0.2) is 65.4 Å². The number of rotatable bonds is 12. The maximum absolute atomic E-state index is 13.4. The van der Waals surface area contributed by atoms with Crippen LogP contribution in [0.2, 0.25) is 0 Å². The van der Waals surface area contributed by atoms with E-state index in [1.165, 1.54) is 18.2 Å². The third-order valence-electron chi connectivity index (χ3n) is 7.90. The Morgan fingerprint density at radius 2 is 0.865 bits per heavy atom. The van der Waals surface area contributed by atoms with E-state index in [0.717, 1.165) is 47.6 Å². The quantitative estimate of drug-likeness (QED) is 0.0547. The summed E-state index contributed by atoms with van der Waals surface area (Å²) in [5.74, 6) is -1.26. The summed E-state index contributed by atoms with van der Waals surface area (Å²) in [5, 5.41) is 0. The van der Waals surface area contributed by atoms with Gasteiger partial charge in [-0.1, -0.05) is 60.7 Å². The lowest BCUT2D eigenvalue weighted by atomic mass is 10.0. The van der Waals surface area contributed by atoms with Crippen molar-refractivity contribution in [3.8, 4) is 56.5 Å². The Labute approximate surface area is 295 Å². The van der Waals surface area contributed by atoms with Crippen LogP contribution in [0, 0.1) is 23.3 Å². The van der Waals surface area contributed by atoms with Crippen molar-refractivity contribution in [3.63, 3.8) is 0 Å². The molecule has 2 aromatic heterocycles. The Hall–Kier alpha value is -5.76. The first-order chi connectivity index (χ1) is 25.4. The molecule has 0 spiro atoms. The lowest BCUT2D eigenvalue weighted by Gasteiger charge is -2.07. The molecule has 9 nitrogen and oxygen atoms in total. The first kappa shape index (κ1) is 34.7. The van der Waals surface area contributed by atoms with E-state index in [-0.39, 0.29) is 19.0 Å². The van der Waals surface area contributed by atoms with Crippen molar-refractivity contribution in [2.75, 3.05) is 33.2 Å². The van der Waals surface area contributed by atoms with Gasteiger partial charge in [0.05, 0.1) is 44.6 Å². The molecule has 0 radical (unpaired) electrons. The molecular weight excluding hydrogens is 680 g/mol. The number of benzene rings is 4. The fourth-order valence-electron chi connectivity index (χ4n) is 4.86. The zero-order chi connectivity index (χ0) is 35.9. The molecule has 4 heterocycles. The molecule has 6 aromatic rings. The van der Waals surface area contributed by atoms with Gasteiger partial charge in [0.1, 0.15) is 18.8 Å². The van der Waals surface area contributed by atoms with Crippen molar-refractivity contribution in [1.82, 2.24) is 19.9 Å². The molecule has 264 valence electrons. The number of nitrogens with zero attached hydrogens (tertiary/aromatic N) is 4. The van der Waals surface area contributed by atoms with Crippen LogP contribution in [0.15, 0.2) is 110 Å². The minimum Gasteiger partial charge on any atom is -0.488 e. The predicted octanol–water partition coefficient (Wildman–Crippen LogP) is 7.71. The predicted molar refractivity (Wildman–Crippen MR) is 182 cm³/mol. The van der Waals surface area contributed by atoms with Crippen molar-refractivity contribution in [1.29, 1.82) is 0 Å². The fraction of sp³-hybridized carbons (Fsp3) is 0.179. The molecule has 13 heteroatoms.